The number of carbonyl (C=O) groups excluding carboxylic acids is 1. The number of pyridine rings is 1. The second-order valence-corrected chi connectivity index (χ2v) is 12.1. The van der Waals surface area contributed by atoms with Crippen LogP contribution in [-0.4, -0.2) is 38.3 Å². The first-order chi connectivity index (χ1) is 18.1. The van der Waals surface area contributed by atoms with E-state index in [4.69, 9.17) is 0 Å². The summed E-state index contributed by atoms with van der Waals surface area (Å²) in [6.07, 6.45) is -3.50. The van der Waals surface area contributed by atoms with Crippen molar-refractivity contribution >= 4 is 15.9 Å². The molecule has 0 aliphatic rings. The van der Waals surface area contributed by atoms with E-state index in [1.165, 1.54) is 24.4 Å². The Balaban J connectivity index is 1.92. The van der Waals surface area contributed by atoms with E-state index >= 15 is 0 Å². The van der Waals surface area contributed by atoms with Gasteiger partial charge in [-0.2, -0.15) is 13.2 Å². The molecule has 1 amide bonds. The lowest BCUT2D eigenvalue weighted by atomic mass is 9.84. The van der Waals surface area contributed by atoms with Gasteiger partial charge in [0.05, 0.1) is 11.3 Å². The number of sulfonamides is 1. The topological polar surface area (TPSA) is 79.4 Å². The number of nitrogens with one attached hydrogen (secondary N) is 1. The molecule has 0 unspecified atom stereocenters. The van der Waals surface area contributed by atoms with Gasteiger partial charge in [0.25, 0.3) is 10.0 Å². The van der Waals surface area contributed by atoms with Crippen molar-refractivity contribution in [1.82, 2.24) is 14.6 Å². The minimum Gasteiger partial charge on any atom is -0.305 e. The van der Waals surface area contributed by atoms with Crippen molar-refractivity contribution in [3.8, 4) is 11.1 Å². The van der Waals surface area contributed by atoms with E-state index < -0.39 is 27.8 Å². The van der Waals surface area contributed by atoms with Gasteiger partial charge in [-0.05, 0) is 71.9 Å². The number of benzene rings is 2. The minimum atomic E-state index is -4.53. The molecule has 1 aromatic heterocycles. The molecule has 0 radical (unpaired) electrons. The summed E-state index contributed by atoms with van der Waals surface area (Å²) < 4.78 is 67.0. The third-order valence-corrected chi connectivity index (χ3v) is 7.66. The van der Waals surface area contributed by atoms with Crippen LogP contribution in [0.4, 0.5) is 13.2 Å². The molecular weight excluding hydrogens is 527 g/mol. The van der Waals surface area contributed by atoms with Gasteiger partial charge in [-0.15, -0.1) is 0 Å². The summed E-state index contributed by atoms with van der Waals surface area (Å²) in [5, 5.41) is 0. The number of carbonyl (C=O) groups is 1. The Kier molecular flexibility index (Phi) is 9.23. The van der Waals surface area contributed by atoms with Gasteiger partial charge in [-0.25, -0.2) is 13.1 Å². The number of aromatic nitrogens is 1. The monoisotopic (exact) mass is 561 g/mol. The summed E-state index contributed by atoms with van der Waals surface area (Å²) in [6, 6.07) is 12.4. The summed E-state index contributed by atoms with van der Waals surface area (Å²) in [5.41, 5.74) is 3.50. The zero-order valence-electron chi connectivity index (χ0n) is 22.9. The highest BCUT2D eigenvalue weighted by Gasteiger charge is 2.32. The second kappa shape index (κ2) is 11.9. The van der Waals surface area contributed by atoms with E-state index in [0.717, 1.165) is 22.8 Å². The zero-order chi connectivity index (χ0) is 29.1. The standard InChI is InChI=1S/C29H34F3N3O3S/c1-18(2)24-13-22(21-9-12-27(33-16-21)29(30,31)32)14-25(19(3)4)26(24)15-28(36)34-39(37,38)23-10-7-20(8-11-23)17-35(5)6/h7-14,16,18-19H,15,17H2,1-6H3,(H,34,36). The maximum atomic E-state index is 13.0. The normalized spacial score (nSPS) is 12.4. The summed E-state index contributed by atoms with van der Waals surface area (Å²) in [7, 11) is -0.249. The lowest BCUT2D eigenvalue weighted by molar-refractivity contribution is -0.141. The fourth-order valence-corrected chi connectivity index (χ4v) is 5.38. The fourth-order valence-electron chi connectivity index (χ4n) is 4.40. The number of hydrogen-bond donors (Lipinski definition) is 1. The number of alkyl halides is 3. The molecule has 0 saturated heterocycles. The van der Waals surface area contributed by atoms with Crippen LogP contribution in [0, 0.1) is 0 Å². The number of amides is 1. The van der Waals surface area contributed by atoms with Crippen LogP contribution in [0.1, 0.15) is 67.5 Å². The van der Waals surface area contributed by atoms with Gasteiger partial charge in [0, 0.05) is 18.3 Å². The van der Waals surface area contributed by atoms with E-state index in [1.54, 1.807) is 12.1 Å². The van der Waals surface area contributed by atoms with E-state index in [9.17, 15) is 26.4 Å². The number of rotatable bonds is 9. The molecule has 0 atom stereocenters. The SMILES string of the molecule is CC(C)c1cc(-c2ccc(C(F)(F)F)nc2)cc(C(C)C)c1CC(=O)NS(=O)(=O)c1ccc(CN(C)C)cc1. The first-order valence-corrected chi connectivity index (χ1v) is 14.1. The number of hydrogen-bond acceptors (Lipinski definition) is 5. The Labute approximate surface area is 228 Å². The molecule has 0 aliphatic carbocycles. The first kappa shape index (κ1) is 30.3. The van der Waals surface area contributed by atoms with Crippen LogP contribution in [-0.2, 0) is 34.0 Å². The molecule has 1 N–H and O–H groups in total. The van der Waals surface area contributed by atoms with Gasteiger partial charge in [0.1, 0.15) is 5.69 Å². The summed E-state index contributed by atoms with van der Waals surface area (Å²) in [5.74, 6) is -0.734. The van der Waals surface area contributed by atoms with Crippen LogP contribution in [0.2, 0.25) is 0 Å². The third-order valence-electron chi connectivity index (χ3n) is 6.27. The van der Waals surface area contributed by atoms with Crippen molar-refractivity contribution in [2.75, 3.05) is 14.1 Å². The van der Waals surface area contributed by atoms with Crippen LogP contribution in [0.5, 0.6) is 0 Å². The molecule has 39 heavy (non-hydrogen) atoms. The van der Waals surface area contributed by atoms with E-state index in [0.29, 0.717) is 23.2 Å². The Morgan fingerprint density at radius 2 is 1.49 bits per heavy atom. The second-order valence-electron chi connectivity index (χ2n) is 10.5. The smallest absolute Gasteiger partial charge is 0.305 e. The minimum absolute atomic E-state index is 0.00308. The van der Waals surface area contributed by atoms with Crippen molar-refractivity contribution < 1.29 is 26.4 Å². The largest absolute Gasteiger partial charge is 0.433 e. The highest BCUT2D eigenvalue weighted by Crippen LogP contribution is 2.35. The molecule has 3 aromatic rings. The quantitative estimate of drug-likeness (QED) is 0.340. The molecule has 0 aliphatic heterocycles. The summed E-state index contributed by atoms with van der Waals surface area (Å²) in [6.45, 7) is 8.44. The maximum Gasteiger partial charge on any atom is 0.433 e. The highest BCUT2D eigenvalue weighted by molar-refractivity contribution is 7.90. The fraction of sp³-hybridized carbons (Fsp3) is 0.379. The molecule has 0 fully saturated rings. The third kappa shape index (κ3) is 7.67. The van der Waals surface area contributed by atoms with Gasteiger partial charge in [0.15, 0.2) is 0 Å². The van der Waals surface area contributed by atoms with Crippen LogP contribution in [0.15, 0.2) is 59.6 Å². The lowest BCUT2D eigenvalue weighted by Crippen LogP contribution is -2.32. The number of nitrogens with zero attached hydrogens (tertiary/aromatic N) is 2. The van der Waals surface area contributed by atoms with Crippen molar-refractivity contribution in [3.05, 3.63) is 82.7 Å². The Morgan fingerprint density at radius 3 is 1.92 bits per heavy atom. The molecule has 0 spiro atoms. The van der Waals surface area contributed by atoms with Crippen LogP contribution in [0.25, 0.3) is 11.1 Å². The first-order valence-electron chi connectivity index (χ1n) is 12.6. The van der Waals surface area contributed by atoms with Gasteiger partial charge in [0.2, 0.25) is 5.91 Å². The van der Waals surface area contributed by atoms with Crippen LogP contribution < -0.4 is 4.72 Å². The molecule has 0 bridgehead atoms. The van der Waals surface area contributed by atoms with Crippen molar-refractivity contribution in [1.29, 1.82) is 0 Å². The molecule has 1 heterocycles. The van der Waals surface area contributed by atoms with Crippen LogP contribution in [0.3, 0.4) is 0 Å². The lowest BCUT2D eigenvalue weighted by Gasteiger charge is -2.22. The van der Waals surface area contributed by atoms with Gasteiger partial charge in [-0.1, -0.05) is 58.0 Å². The number of halogens is 3. The van der Waals surface area contributed by atoms with Gasteiger partial charge >= 0.3 is 6.18 Å². The molecule has 3 rings (SSSR count). The van der Waals surface area contributed by atoms with Crippen LogP contribution >= 0.6 is 0 Å². The molecule has 0 saturated carbocycles. The van der Waals surface area contributed by atoms with Crippen molar-refractivity contribution in [2.24, 2.45) is 0 Å². The average molecular weight is 562 g/mol. The van der Waals surface area contributed by atoms with Gasteiger partial charge in [-0.3, -0.25) is 9.78 Å². The molecule has 2 aromatic carbocycles. The van der Waals surface area contributed by atoms with E-state index in [2.05, 4.69) is 9.71 Å². The Bertz CT molecular complexity index is 1390. The Morgan fingerprint density at radius 1 is 0.923 bits per heavy atom. The maximum absolute atomic E-state index is 13.0. The molecule has 10 heteroatoms. The predicted molar refractivity (Wildman–Crippen MR) is 146 cm³/mol. The summed E-state index contributed by atoms with van der Waals surface area (Å²) >= 11 is 0. The average Bonchev–Trinajstić information content (AvgIpc) is 2.83. The summed E-state index contributed by atoms with van der Waals surface area (Å²) in [4.78, 5) is 18.6. The molecule has 210 valence electrons. The predicted octanol–water partition coefficient (Wildman–Crippen LogP) is 6.12. The van der Waals surface area contributed by atoms with Crippen molar-refractivity contribution in [3.63, 3.8) is 0 Å². The Hall–Kier alpha value is -3.24. The zero-order valence-corrected chi connectivity index (χ0v) is 23.7. The molecular formula is C29H34F3N3O3S. The highest BCUT2D eigenvalue weighted by atomic mass is 32.2. The van der Waals surface area contributed by atoms with Gasteiger partial charge < -0.3 is 4.90 Å². The van der Waals surface area contributed by atoms with Crippen molar-refractivity contribution in [2.45, 2.75) is 63.6 Å². The van der Waals surface area contributed by atoms with E-state index in [-0.39, 0.29) is 23.2 Å². The van der Waals surface area contributed by atoms with E-state index in [1.807, 2.05) is 58.8 Å². The molecule has 6 nitrogen and oxygen atoms in total.